The summed E-state index contributed by atoms with van der Waals surface area (Å²) in [5.41, 5.74) is 0.910. The topological polar surface area (TPSA) is 81.7 Å². The van der Waals surface area contributed by atoms with Crippen molar-refractivity contribution in [3.63, 3.8) is 0 Å². The lowest BCUT2D eigenvalue weighted by atomic mass is 9.86. The van der Waals surface area contributed by atoms with Crippen LogP contribution in [0, 0.1) is 0 Å². The number of thioether (sulfide) groups is 1. The van der Waals surface area contributed by atoms with E-state index in [9.17, 15) is 14.4 Å². The molecule has 0 bridgehead atoms. The number of carbonyl (C=O) groups is 3. The molecule has 1 rings (SSSR count). The number of hydrogen-bond donors (Lipinski definition) is 1. The van der Waals surface area contributed by atoms with Crippen LogP contribution in [-0.2, 0) is 24.5 Å². The van der Waals surface area contributed by atoms with Crippen LogP contribution in [0.3, 0.4) is 0 Å². The minimum atomic E-state index is -0.834. The van der Waals surface area contributed by atoms with Gasteiger partial charge in [0.25, 0.3) is 5.91 Å². The monoisotopic (exact) mass is 423 g/mol. The molecule has 29 heavy (non-hydrogen) atoms. The Labute approximate surface area is 178 Å². The first kappa shape index (κ1) is 25.0. The maximum absolute atomic E-state index is 12.6. The first-order valence-corrected chi connectivity index (χ1v) is 11.0. The Morgan fingerprint density at radius 1 is 1.03 bits per heavy atom. The van der Waals surface area contributed by atoms with Crippen molar-refractivity contribution in [1.82, 2.24) is 5.32 Å². The molecule has 0 aliphatic rings. The van der Waals surface area contributed by atoms with Gasteiger partial charge in [-0.2, -0.15) is 11.8 Å². The van der Waals surface area contributed by atoms with Crippen molar-refractivity contribution in [2.45, 2.75) is 65.0 Å². The molecule has 6 nitrogen and oxygen atoms in total. The largest absolute Gasteiger partial charge is 0.457 e. The van der Waals surface area contributed by atoms with Crippen molar-refractivity contribution < 1.29 is 23.9 Å². The molecule has 0 heterocycles. The molecule has 0 aliphatic heterocycles. The molecule has 1 unspecified atom stereocenters. The normalized spacial score (nSPS) is 12.8. The van der Waals surface area contributed by atoms with Crippen molar-refractivity contribution in [3.05, 3.63) is 35.4 Å². The predicted molar refractivity (Wildman–Crippen MR) is 116 cm³/mol. The molecule has 0 aliphatic carbocycles. The van der Waals surface area contributed by atoms with Gasteiger partial charge in [-0.15, -0.1) is 0 Å². The highest BCUT2D eigenvalue weighted by atomic mass is 32.2. The van der Waals surface area contributed by atoms with Crippen molar-refractivity contribution >= 4 is 29.6 Å². The number of ether oxygens (including phenoxy) is 2. The number of amides is 1. The molecular formula is C22H33NO5S. The number of hydrogen-bond acceptors (Lipinski definition) is 6. The lowest BCUT2D eigenvalue weighted by molar-refractivity contribution is -0.167. The van der Waals surface area contributed by atoms with Crippen LogP contribution in [0.25, 0.3) is 0 Å². The van der Waals surface area contributed by atoms with E-state index in [1.165, 1.54) is 0 Å². The Bertz CT molecular complexity index is 701. The molecule has 0 aromatic heterocycles. The molecular weight excluding hydrogens is 390 g/mol. The fourth-order valence-electron chi connectivity index (χ4n) is 2.45. The van der Waals surface area contributed by atoms with Gasteiger partial charge in [0, 0.05) is 5.56 Å². The second-order valence-electron chi connectivity index (χ2n) is 8.83. The van der Waals surface area contributed by atoms with Gasteiger partial charge in [0.15, 0.2) is 6.61 Å². The Morgan fingerprint density at radius 2 is 1.62 bits per heavy atom. The van der Waals surface area contributed by atoms with Crippen LogP contribution < -0.4 is 5.32 Å². The molecule has 0 spiro atoms. The minimum absolute atomic E-state index is 0.0125. The van der Waals surface area contributed by atoms with Crippen LogP contribution in [-0.4, -0.2) is 48.1 Å². The molecule has 1 atom stereocenters. The molecule has 0 saturated heterocycles. The highest BCUT2D eigenvalue weighted by molar-refractivity contribution is 7.98. The summed E-state index contributed by atoms with van der Waals surface area (Å²) in [6.45, 7) is 11.0. The second-order valence-corrected chi connectivity index (χ2v) is 9.81. The molecule has 0 radical (unpaired) electrons. The van der Waals surface area contributed by atoms with E-state index in [1.54, 1.807) is 44.7 Å². The van der Waals surface area contributed by atoms with Crippen LogP contribution in [0.4, 0.5) is 0 Å². The Kier molecular flexibility index (Phi) is 9.20. The van der Waals surface area contributed by atoms with Gasteiger partial charge in [-0.1, -0.05) is 32.9 Å². The molecule has 1 N–H and O–H groups in total. The zero-order valence-corrected chi connectivity index (χ0v) is 19.3. The minimum Gasteiger partial charge on any atom is -0.457 e. The third kappa shape index (κ3) is 9.35. The van der Waals surface area contributed by atoms with E-state index in [-0.39, 0.29) is 11.3 Å². The maximum Gasteiger partial charge on any atom is 0.344 e. The quantitative estimate of drug-likeness (QED) is 0.642. The van der Waals surface area contributed by atoms with Crippen LogP contribution in [0.15, 0.2) is 24.3 Å². The van der Waals surface area contributed by atoms with Crippen molar-refractivity contribution in [3.8, 4) is 0 Å². The predicted octanol–water partition coefficient (Wildman–Crippen LogP) is 3.72. The van der Waals surface area contributed by atoms with Crippen molar-refractivity contribution in [2.75, 3.05) is 18.6 Å². The number of rotatable bonds is 8. The Morgan fingerprint density at radius 3 is 2.10 bits per heavy atom. The average Bonchev–Trinajstić information content (AvgIpc) is 2.61. The molecule has 1 amide bonds. The number of nitrogens with one attached hydrogen (secondary N) is 1. The number of esters is 2. The third-order valence-corrected chi connectivity index (χ3v) is 4.61. The van der Waals surface area contributed by atoms with E-state index in [0.29, 0.717) is 17.7 Å². The summed E-state index contributed by atoms with van der Waals surface area (Å²) in [5, 5.41) is 2.72. The van der Waals surface area contributed by atoms with Crippen LogP contribution in [0.2, 0.25) is 0 Å². The van der Waals surface area contributed by atoms with Crippen LogP contribution in [0.5, 0.6) is 0 Å². The fraction of sp³-hybridized carbons (Fsp3) is 0.591. The van der Waals surface area contributed by atoms with Crippen molar-refractivity contribution in [1.29, 1.82) is 0 Å². The third-order valence-electron chi connectivity index (χ3n) is 3.97. The highest BCUT2D eigenvalue weighted by Gasteiger charge is 2.25. The van der Waals surface area contributed by atoms with Crippen LogP contribution >= 0.6 is 11.8 Å². The summed E-state index contributed by atoms with van der Waals surface area (Å²) in [4.78, 5) is 36.8. The van der Waals surface area contributed by atoms with E-state index in [2.05, 4.69) is 26.1 Å². The van der Waals surface area contributed by atoms with Gasteiger partial charge in [-0.3, -0.25) is 4.79 Å². The standard InChI is InChI=1S/C22H33NO5S/c1-21(2,3)16-10-8-15(9-11-16)19(25)23-17(12-13-29-7)20(26)27-14-18(24)28-22(4,5)6/h8-11,17H,12-14H2,1-7H3,(H,23,25). The van der Waals surface area contributed by atoms with E-state index in [4.69, 9.17) is 9.47 Å². The summed E-state index contributed by atoms with van der Waals surface area (Å²) in [7, 11) is 0. The molecule has 0 fully saturated rings. The second kappa shape index (κ2) is 10.7. The van der Waals surface area contributed by atoms with Crippen LogP contribution in [0.1, 0.15) is 63.9 Å². The summed E-state index contributed by atoms with van der Waals surface area (Å²) < 4.78 is 10.2. The Balaban J connectivity index is 2.75. The molecule has 1 aromatic carbocycles. The lowest BCUT2D eigenvalue weighted by Gasteiger charge is -2.21. The smallest absolute Gasteiger partial charge is 0.344 e. The Hall–Kier alpha value is -2.02. The molecule has 0 saturated carbocycles. The summed E-state index contributed by atoms with van der Waals surface area (Å²) in [6, 6.07) is 6.47. The van der Waals surface area contributed by atoms with E-state index < -0.39 is 30.2 Å². The molecule has 1 aromatic rings. The van der Waals surface area contributed by atoms with Gasteiger partial charge in [0.05, 0.1) is 0 Å². The molecule has 162 valence electrons. The van der Waals surface area contributed by atoms with Gasteiger partial charge in [0.2, 0.25) is 0 Å². The van der Waals surface area contributed by atoms with Gasteiger partial charge >= 0.3 is 11.9 Å². The van der Waals surface area contributed by atoms with Gasteiger partial charge in [-0.25, -0.2) is 9.59 Å². The zero-order chi connectivity index (χ0) is 22.2. The number of benzene rings is 1. The summed E-state index contributed by atoms with van der Waals surface area (Å²) in [6.07, 6.45) is 2.32. The van der Waals surface area contributed by atoms with E-state index >= 15 is 0 Å². The lowest BCUT2D eigenvalue weighted by Crippen LogP contribution is -2.43. The van der Waals surface area contributed by atoms with Crippen molar-refractivity contribution in [2.24, 2.45) is 0 Å². The van der Waals surface area contributed by atoms with Gasteiger partial charge in [-0.05, 0) is 62.3 Å². The maximum atomic E-state index is 12.6. The summed E-state index contributed by atoms with van der Waals surface area (Å²) in [5.74, 6) is -0.968. The SMILES string of the molecule is CSCCC(NC(=O)c1ccc(C(C)(C)C)cc1)C(=O)OCC(=O)OC(C)(C)C. The highest BCUT2D eigenvalue weighted by Crippen LogP contribution is 2.22. The number of carbonyl (C=O) groups excluding carboxylic acids is 3. The first-order valence-electron chi connectivity index (χ1n) is 9.62. The molecule has 7 heteroatoms. The zero-order valence-electron chi connectivity index (χ0n) is 18.5. The van der Waals surface area contributed by atoms with E-state index in [1.807, 2.05) is 18.4 Å². The average molecular weight is 424 g/mol. The fourth-order valence-corrected chi connectivity index (χ4v) is 2.92. The van der Waals surface area contributed by atoms with E-state index in [0.717, 1.165) is 5.56 Å². The first-order chi connectivity index (χ1) is 13.3. The summed E-state index contributed by atoms with van der Waals surface area (Å²) >= 11 is 1.56. The van der Waals surface area contributed by atoms with Gasteiger partial charge < -0.3 is 14.8 Å². The van der Waals surface area contributed by atoms with Gasteiger partial charge in [0.1, 0.15) is 11.6 Å².